The summed E-state index contributed by atoms with van der Waals surface area (Å²) in [7, 11) is -2.90. The van der Waals surface area contributed by atoms with E-state index in [0.717, 1.165) is 16.4 Å². The SMILES string of the molecule is CCN(C)S(=O)(=O)Nc1ccc(F)c(C(=O)c2c[nH]c3ncc(-c4cnc(N5CCN(C(=O)CN6CC[C@@H](c7ccc(NC8CCC(=O)NC8=O)cc7)C(F)(F)C6)CC5)nc4)cc23)c1F. The molecule has 65 heavy (non-hydrogen) atoms. The average Bonchev–Trinajstić information content (AvgIpc) is 3.72. The summed E-state index contributed by atoms with van der Waals surface area (Å²) in [6.45, 7) is 2.68. The first-order valence-electron chi connectivity index (χ1n) is 20.9. The van der Waals surface area contributed by atoms with Gasteiger partial charge in [-0.3, -0.25) is 34.1 Å². The minimum atomic E-state index is -4.18. The van der Waals surface area contributed by atoms with E-state index >= 15 is 17.6 Å². The van der Waals surface area contributed by atoms with Gasteiger partial charge in [-0.25, -0.2) is 32.5 Å². The van der Waals surface area contributed by atoms with Crippen LogP contribution in [0.2, 0.25) is 0 Å². The van der Waals surface area contributed by atoms with E-state index in [0.29, 0.717) is 67.5 Å². The molecule has 3 aliphatic heterocycles. The van der Waals surface area contributed by atoms with E-state index in [1.54, 1.807) is 54.5 Å². The van der Waals surface area contributed by atoms with Gasteiger partial charge in [0.05, 0.1) is 30.3 Å². The number of aromatic nitrogens is 4. The number of imide groups is 1. The van der Waals surface area contributed by atoms with Crippen molar-refractivity contribution in [2.45, 2.75) is 44.1 Å². The third-order valence-corrected chi connectivity index (χ3v) is 13.6. The third-order valence-electron chi connectivity index (χ3n) is 12.0. The van der Waals surface area contributed by atoms with Crippen molar-refractivity contribution in [1.29, 1.82) is 0 Å². The number of H-pyrrole nitrogens is 1. The number of alkyl halides is 2. The number of halogens is 4. The zero-order chi connectivity index (χ0) is 46.2. The predicted octanol–water partition coefficient (Wildman–Crippen LogP) is 4.13. The van der Waals surface area contributed by atoms with Crippen LogP contribution in [0.5, 0.6) is 0 Å². The van der Waals surface area contributed by atoms with Gasteiger partial charge in [0.15, 0.2) is 5.82 Å². The van der Waals surface area contributed by atoms with Gasteiger partial charge in [0.2, 0.25) is 29.5 Å². The second-order valence-corrected chi connectivity index (χ2v) is 18.0. The Hall–Kier alpha value is -6.52. The Morgan fingerprint density at radius 2 is 1.65 bits per heavy atom. The molecule has 0 saturated carbocycles. The van der Waals surface area contributed by atoms with Gasteiger partial charge < -0.3 is 20.1 Å². The van der Waals surface area contributed by atoms with Gasteiger partial charge >= 0.3 is 10.2 Å². The lowest BCUT2D eigenvalue weighted by Crippen LogP contribution is -2.54. The lowest BCUT2D eigenvalue weighted by Gasteiger charge is -2.40. The number of benzene rings is 2. The standard InChI is InChI=1S/C43H45F4N11O6S/c1-3-55(2)65(63,64)54-33-9-8-32(44)37(38(33)45)39(61)30-22-49-40-29(30)18-26(19-48-40)27-20-50-42(51-21-27)58-16-14-57(15-17-58)36(60)23-56-13-12-31(43(46,47)24-56)25-4-6-28(7-5-25)52-34-10-11-35(59)53-41(34)62/h4-9,18-22,31,34,52,54H,3,10-17,23-24H2,1-2H3,(H,48,49)(H,53,59,62)/t31-,34?/m0/s1. The fourth-order valence-electron chi connectivity index (χ4n) is 8.19. The molecule has 2 atom stereocenters. The zero-order valence-corrected chi connectivity index (χ0v) is 36.1. The Morgan fingerprint density at radius 1 is 0.938 bits per heavy atom. The van der Waals surface area contributed by atoms with E-state index in [-0.39, 0.29) is 54.3 Å². The van der Waals surface area contributed by atoms with Crippen molar-refractivity contribution in [2.75, 3.05) is 74.3 Å². The summed E-state index contributed by atoms with van der Waals surface area (Å²) in [5, 5.41) is 5.58. The van der Waals surface area contributed by atoms with Crippen molar-refractivity contribution in [3.63, 3.8) is 0 Å². The number of likely N-dealkylation sites (tertiary alicyclic amines) is 1. The molecule has 0 spiro atoms. The number of aromatic amines is 1. The molecule has 3 saturated heterocycles. The molecule has 0 aliphatic carbocycles. The van der Waals surface area contributed by atoms with Gasteiger partial charge in [-0.2, -0.15) is 12.7 Å². The first kappa shape index (κ1) is 45.1. The largest absolute Gasteiger partial charge is 0.374 e. The number of carbonyl (C=O) groups excluding carboxylic acids is 4. The van der Waals surface area contributed by atoms with E-state index in [1.165, 1.54) is 24.3 Å². The van der Waals surface area contributed by atoms with Crippen molar-refractivity contribution in [2.24, 2.45) is 0 Å². The van der Waals surface area contributed by atoms with E-state index < -0.39 is 69.2 Å². The number of nitrogens with zero attached hydrogens (tertiary/aromatic N) is 7. The van der Waals surface area contributed by atoms with Crippen LogP contribution in [0, 0.1) is 11.6 Å². The Balaban J connectivity index is 0.853. The van der Waals surface area contributed by atoms with Crippen LogP contribution >= 0.6 is 0 Å². The Bertz CT molecular complexity index is 2750. The van der Waals surface area contributed by atoms with Crippen LogP contribution in [0.15, 0.2) is 67.3 Å². The van der Waals surface area contributed by atoms with E-state index in [9.17, 15) is 27.6 Å². The number of nitrogens with one attached hydrogen (secondary N) is 4. The van der Waals surface area contributed by atoms with Crippen molar-refractivity contribution in [3.05, 3.63) is 95.6 Å². The molecule has 0 bridgehead atoms. The number of hydrogen-bond donors (Lipinski definition) is 4. The molecule has 2 aromatic carbocycles. The number of amides is 3. The van der Waals surface area contributed by atoms with Crippen molar-refractivity contribution >= 4 is 62.1 Å². The Labute approximate surface area is 370 Å². The van der Waals surface area contributed by atoms with Gasteiger partial charge in [-0.15, -0.1) is 0 Å². The number of carbonyl (C=O) groups is 4. The molecule has 0 radical (unpaired) electrons. The highest BCUT2D eigenvalue weighted by atomic mass is 32.2. The maximum Gasteiger partial charge on any atom is 0.301 e. The lowest BCUT2D eigenvalue weighted by atomic mass is 9.86. The predicted molar refractivity (Wildman–Crippen MR) is 232 cm³/mol. The average molecular weight is 920 g/mol. The zero-order valence-electron chi connectivity index (χ0n) is 35.3. The minimum absolute atomic E-state index is 0.0792. The maximum absolute atomic E-state index is 15.6. The highest BCUT2D eigenvalue weighted by molar-refractivity contribution is 7.90. The number of piperidine rings is 2. The normalized spacial score (nSPS) is 19.4. The number of fused-ring (bicyclic) bond motifs is 1. The monoisotopic (exact) mass is 919 g/mol. The molecule has 342 valence electrons. The van der Waals surface area contributed by atoms with Gasteiger partial charge in [0.25, 0.3) is 5.92 Å². The Kier molecular flexibility index (Phi) is 12.6. The molecule has 3 aliphatic rings. The fraction of sp³-hybridized carbons (Fsp3) is 0.372. The van der Waals surface area contributed by atoms with Crippen LogP contribution in [0.4, 0.5) is 34.9 Å². The molecule has 17 nitrogen and oxygen atoms in total. The van der Waals surface area contributed by atoms with E-state index in [1.807, 2.05) is 4.90 Å². The van der Waals surface area contributed by atoms with Crippen molar-refractivity contribution < 1.29 is 45.2 Å². The third kappa shape index (κ3) is 9.50. The summed E-state index contributed by atoms with van der Waals surface area (Å²) in [4.78, 5) is 71.7. The second-order valence-electron chi connectivity index (χ2n) is 16.2. The van der Waals surface area contributed by atoms with E-state index in [2.05, 4.69) is 35.3 Å². The molecule has 1 unspecified atom stereocenters. The first-order chi connectivity index (χ1) is 31.0. The van der Waals surface area contributed by atoms with Gasteiger partial charge in [-0.1, -0.05) is 19.1 Å². The molecule has 6 heterocycles. The summed E-state index contributed by atoms with van der Waals surface area (Å²) in [5.74, 6) is -8.34. The number of piperazine rings is 1. The highest BCUT2D eigenvalue weighted by Gasteiger charge is 2.46. The van der Waals surface area contributed by atoms with Gasteiger partial charge in [0, 0.05) is 98.7 Å². The first-order valence-corrected chi connectivity index (χ1v) is 22.3. The molecule has 4 N–H and O–H groups in total. The number of hydrogen-bond acceptors (Lipinski definition) is 12. The molecule has 3 fully saturated rings. The number of rotatable bonds is 13. The second kappa shape index (κ2) is 18.2. The summed E-state index contributed by atoms with van der Waals surface area (Å²) in [6, 6.07) is 9.24. The van der Waals surface area contributed by atoms with Gasteiger partial charge in [-0.05, 0) is 55.3 Å². The van der Waals surface area contributed by atoms with Crippen LogP contribution in [-0.4, -0.2) is 137 Å². The van der Waals surface area contributed by atoms with E-state index in [4.69, 9.17) is 0 Å². The fourth-order valence-corrected chi connectivity index (χ4v) is 9.12. The summed E-state index contributed by atoms with van der Waals surface area (Å²) in [6.07, 6.45) is 6.59. The molecule has 22 heteroatoms. The number of ketones is 1. The lowest BCUT2D eigenvalue weighted by molar-refractivity contribution is -0.137. The van der Waals surface area contributed by atoms with Crippen molar-refractivity contribution in [3.8, 4) is 11.1 Å². The van der Waals surface area contributed by atoms with Crippen LogP contribution < -0.4 is 20.3 Å². The smallest absolute Gasteiger partial charge is 0.301 e. The quantitative estimate of drug-likeness (QED) is 0.0748. The minimum Gasteiger partial charge on any atom is -0.374 e. The summed E-state index contributed by atoms with van der Waals surface area (Å²) >= 11 is 0. The van der Waals surface area contributed by atoms with Crippen LogP contribution in [0.3, 0.4) is 0 Å². The summed E-state index contributed by atoms with van der Waals surface area (Å²) in [5.41, 5.74) is 0.662. The van der Waals surface area contributed by atoms with Crippen LogP contribution in [0.25, 0.3) is 22.2 Å². The van der Waals surface area contributed by atoms with Crippen molar-refractivity contribution in [1.82, 2.24) is 39.4 Å². The topological polar surface area (TPSA) is 206 Å². The Morgan fingerprint density at radius 3 is 2.32 bits per heavy atom. The van der Waals surface area contributed by atoms with Gasteiger partial charge in [0.1, 0.15) is 17.5 Å². The number of anilines is 3. The maximum atomic E-state index is 15.6. The molecule has 8 rings (SSSR count). The number of pyridine rings is 1. The molecular formula is C43H45F4N11O6S. The molecule has 3 aromatic heterocycles. The summed E-state index contributed by atoms with van der Waals surface area (Å²) < 4.78 is 89.8. The molecule has 3 amide bonds. The molecular weight excluding hydrogens is 875 g/mol. The van der Waals surface area contributed by atoms with Crippen LogP contribution in [-0.2, 0) is 24.6 Å². The highest BCUT2D eigenvalue weighted by Crippen LogP contribution is 2.41. The van der Waals surface area contributed by atoms with Crippen LogP contribution in [0.1, 0.15) is 53.6 Å². The molecule has 5 aromatic rings.